The SMILES string of the molecule is COc1ccc(C(OC)c2ccc(C(C)(C)c3ccco3)o2)cc1OC. The summed E-state index contributed by atoms with van der Waals surface area (Å²) in [5.41, 5.74) is 0.541. The summed E-state index contributed by atoms with van der Waals surface area (Å²) >= 11 is 0. The van der Waals surface area contributed by atoms with Crippen molar-refractivity contribution in [1.82, 2.24) is 0 Å². The molecule has 0 saturated heterocycles. The van der Waals surface area contributed by atoms with Gasteiger partial charge in [0.2, 0.25) is 0 Å². The van der Waals surface area contributed by atoms with E-state index in [1.807, 2.05) is 42.5 Å². The van der Waals surface area contributed by atoms with E-state index in [1.54, 1.807) is 27.6 Å². The predicted molar refractivity (Wildman–Crippen MR) is 97.9 cm³/mol. The van der Waals surface area contributed by atoms with E-state index < -0.39 is 0 Å². The first-order chi connectivity index (χ1) is 12.5. The Morgan fingerprint density at radius 1 is 0.885 bits per heavy atom. The molecule has 1 unspecified atom stereocenters. The highest BCUT2D eigenvalue weighted by molar-refractivity contribution is 5.45. The van der Waals surface area contributed by atoms with Crippen LogP contribution in [0.2, 0.25) is 0 Å². The minimum absolute atomic E-state index is 0.351. The number of benzene rings is 1. The van der Waals surface area contributed by atoms with E-state index in [9.17, 15) is 0 Å². The van der Waals surface area contributed by atoms with Crippen LogP contribution in [0.5, 0.6) is 11.5 Å². The molecule has 5 heteroatoms. The van der Waals surface area contributed by atoms with Gasteiger partial charge in [-0.2, -0.15) is 0 Å². The number of ether oxygens (including phenoxy) is 3. The Balaban J connectivity index is 1.94. The Bertz CT molecular complexity index is 845. The lowest BCUT2D eigenvalue weighted by Gasteiger charge is -2.20. The Labute approximate surface area is 153 Å². The number of methoxy groups -OCH3 is 3. The fourth-order valence-electron chi connectivity index (χ4n) is 3.02. The number of furan rings is 2. The Morgan fingerprint density at radius 3 is 2.27 bits per heavy atom. The van der Waals surface area contributed by atoms with Gasteiger partial charge < -0.3 is 23.0 Å². The van der Waals surface area contributed by atoms with E-state index >= 15 is 0 Å². The average molecular weight is 356 g/mol. The maximum atomic E-state index is 6.15. The Hall–Kier alpha value is -2.66. The van der Waals surface area contributed by atoms with Crippen LogP contribution in [-0.2, 0) is 10.2 Å². The Morgan fingerprint density at radius 2 is 1.65 bits per heavy atom. The lowest BCUT2D eigenvalue weighted by atomic mass is 9.87. The average Bonchev–Trinajstić information content (AvgIpc) is 3.35. The first-order valence-corrected chi connectivity index (χ1v) is 8.40. The molecule has 2 heterocycles. The van der Waals surface area contributed by atoms with Gasteiger partial charge in [0.1, 0.15) is 23.4 Å². The summed E-state index contributed by atoms with van der Waals surface area (Å²) < 4.78 is 28.1. The van der Waals surface area contributed by atoms with Crippen LogP contribution in [0.25, 0.3) is 0 Å². The summed E-state index contributed by atoms with van der Waals surface area (Å²) in [6, 6.07) is 13.4. The highest BCUT2D eigenvalue weighted by Crippen LogP contribution is 2.38. The van der Waals surface area contributed by atoms with Crippen LogP contribution in [0.3, 0.4) is 0 Å². The topological polar surface area (TPSA) is 54.0 Å². The molecule has 0 aliphatic carbocycles. The van der Waals surface area contributed by atoms with Crippen molar-refractivity contribution in [3.8, 4) is 11.5 Å². The number of hydrogen-bond acceptors (Lipinski definition) is 5. The van der Waals surface area contributed by atoms with Crippen LogP contribution >= 0.6 is 0 Å². The molecule has 138 valence electrons. The maximum Gasteiger partial charge on any atom is 0.161 e. The summed E-state index contributed by atoms with van der Waals surface area (Å²) in [6.45, 7) is 4.12. The van der Waals surface area contributed by atoms with E-state index in [1.165, 1.54) is 0 Å². The summed E-state index contributed by atoms with van der Waals surface area (Å²) in [6.07, 6.45) is 1.32. The third-order valence-electron chi connectivity index (χ3n) is 4.58. The van der Waals surface area contributed by atoms with E-state index in [2.05, 4.69) is 13.8 Å². The molecular weight excluding hydrogens is 332 g/mol. The molecule has 0 fully saturated rings. The monoisotopic (exact) mass is 356 g/mol. The van der Waals surface area contributed by atoms with Crippen LogP contribution in [-0.4, -0.2) is 21.3 Å². The van der Waals surface area contributed by atoms with Crippen LogP contribution in [0.1, 0.15) is 42.8 Å². The lowest BCUT2D eigenvalue weighted by Crippen LogP contribution is -2.17. The molecule has 1 aromatic carbocycles. The second-order valence-corrected chi connectivity index (χ2v) is 6.53. The lowest BCUT2D eigenvalue weighted by molar-refractivity contribution is 0.113. The fraction of sp³-hybridized carbons (Fsp3) is 0.333. The molecule has 1 atom stereocenters. The van der Waals surface area contributed by atoms with Gasteiger partial charge in [0, 0.05) is 7.11 Å². The summed E-state index contributed by atoms with van der Waals surface area (Å²) in [7, 11) is 4.88. The van der Waals surface area contributed by atoms with Gasteiger partial charge in [-0.05, 0) is 55.8 Å². The molecule has 5 nitrogen and oxygen atoms in total. The van der Waals surface area contributed by atoms with Crippen LogP contribution in [0, 0.1) is 0 Å². The minimum Gasteiger partial charge on any atom is -0.493 e. The summed E-state index contributed by atoms with van der Waals surface area (Å²) in [5, 5.41) is 0. The first kappa shape index (κ1) is 18.1. The predicted octanol–water partition coefficient (Wildman–Crippen LogP) is 4.95. The normalized spacial score (nSPS) is 12.8. The summed E-state index contributed by atoms with van der Waals surface area (Å²) in [4.78, 5) is 0. The summed E-state index contributed by atoms with van der Waals surface area (Å²) in [5.74, 6) is 3.69. The Kier molecular flexibility index (Phi) is 5.09. The molecular formula is C21H24O5. The van der Waals surface area contributed by atoms with E-state index in [-0.39, 0.29) is 11.5 Å². The van der Waals surface area contributed by atoms with Crippen molar-refractivity contribution in [2.75, 3.05) is 21.3 Å². The van der Waals surface area contributed by atoms with E-state index in [4.69, 9.17) is 23.0 Å². The highest BCUT2D eigenvalue weighted by Gasteiger charge is 2.31. The van der Waals surface area contributed by atoms with E-state index in [0.717, 1.165) is 17.1 Å². The van der Waals surface area contributed by atoms with Gasteiger partial charge >= 0.3 is 0 Å². The maximum absolute atomic E-state index is 6.15. The van der Waals surface area contributed by atoms with Crippen molar-refractivity contribution >= 4 is 0 Å². The highest BCUT2D eigenvalue weighted by atomic mass is 16.5. The van der Waals surface area contributed by atoms with Gasteiger partial charge in [-0.1, -0.05) is 6.07 Å². The molecule has 0 radical (unpaired) electrons. The molecule has 3 rings (SSSR count). The second-order valence-electron chi connectivity index (χ2n) is 6.53. The van der Waals surface area contributed by atoms with Crippen LogP contribution < -0.4 is 9.47 Å². The zero-order valence-corrected chi connectivity index (χ0v) is 15.7. The third kappa shape index (κ3) is 3.22. The van der Waals surface area contributed by atoms with Crippen molar-refractivity contribution in [3.05, 3.63) is 71.6 Å². The van der Waals surface area contributed by atoms with Gasteiger partial charge in [-0.3, -0.25) is 0 Å². The van der Waals surface area contributed by atoms with E-state index in [0.29, 0.717) is 17.3 Å². The molecule has 0 aliphatic rings. The first-order valence-electron chi connectivity index (χ1n) is 8.40. The molecule has 0 spiro atoms. The minimum atomic E-state index is -0.377. The molecule has 0 saturated carbocycles. The smallest absolute Gasteiger partial charge is 0.161 e. The second kappa shape index (κ2) is 7.30. The standard InChI is InChI=1S/C21H24O5/c1-21(2,18-7-6-12-25-18)19-11-10-16(26-19)20(24-5)14-8-9-15(22-3)17(13-14)23-4/h6-13,20H,1-5H3. The molecule has 0 N–H and O–H groups in total. The fourth-order valence-corrected chi connectivity index (χ4v) is 3.02. The van der Waals surface area contributed by atoms with Crippen molar-refractivity contribution in [3.63, 3.8) is 0 Å². The quantitative estimate of drug-likeness (QED) is 0.599. The van der Waals surface area contributed by atoms with Gasteiger partial charge in [0.25, 0.3) is 0 Å². The van der Waals surface area contributed by atoms with Gasteiger partial charge in [-0.15, -0.1) is 0 Å². The molecule has 2 aromatic heterocycles. The van der Waals surface area contributed by atoms with Crippen molar-refractivity contribution in [2.45, 2.75) is 25.4 Å². The van der Waals surface area contributed by atoms with Crippen molar-refractivity contribution < 1.29 is 23.0 Å². The largest absolute Gasteiger partial charge is 0.493 e. The van der Waals surface area contributed by atoms with Crippen molar-refractivity contribution in [2.24, 2.45) is 0 Å². The molecule has 0 amide bonds. The third-order valence-corrected chi connectivity index (χ3v) is 4.58. The number of rotatable bonds is 7. The van der Waals surface area contributed by atoms with Gasteiger partial charge in [-0.25, -0.2) is 0 Å². The van der Waals surface area contributed by atoms with Gasteiger partial charge in [0.15, 0.2) is 11.5 Å². The van der Waals surface area contributed by atoms with Gasteiger partial charge in [0.05, 0.1) is 25.9 Å². The van der Waals surface area contributed by atoms with Crippen LogP contribution in [0.4, 0.5) is 0 Å². The molecule has 0 aliphatic heterocycles. The number of hydrogen-bond donors (Lipinski definition) is 0. The molecule has 26 heavy (non-hydrogen) atoms. The zero-order chi connectivity index (χ0) is 18.7. The van der Waals surface area contributed by atoms with Crippen LogP contribution in [0.15, 0.2) is 57.6 Å². The molecule has 3 aromatic rings. The zero-order valence-electron chi connectivity index (χ0n) is 15.7. The molecule has 0 bridgehead atoms. The van der Waals surface area contributed by atoms with Crippen molar-refractivity contribution in [1.29, 1.82) is 0 Å².